The van der Waals surface area contributed by atoms with Gasteiger partial charge in [-0.05, 0) is 73.6 Å². The van der Waals surface area contributed by atoms with E-state index in [4.69, 9.17) is 4.98 Å². The minimum Gasteiger partial charge on any atom is -0.338 e. The van der Waals surface area contributed by atoms with E-state index in [-0.39, 0.29) is 5.91 Å². The van der Waals surface area contributed by atoms with Gasteiger partial charge in [0.25, 0.3) is 5.91 Å². The number of nitrogens with one attached hydrogen (secondary N) is 2. The number of nitrogens with zero attached hydrogens (tertiary/aromatic N) is 6. The van der Waals surface area contributed by atoms with Crippen molar-refractivity contribution in [3.8, 4) is 0 Å². The lowest BCUT2D eigenvalue weighted by Crippen LogP contribution is -2.64. The third-order valence-electron chi connectivity index (χ3n) is 7.92. The predicted octanol–water partition coefficient (Wildman–Crippen LogP) is 3.58. The summed E-state index contributed by atoms with van der Waals surface area (Å²) in [6.07, 6.45) is 3.16. The molecule has 3 aliphatic heterocycles. The van der Waals surface area contributed by atoms with Gasteiger partial charge in [-0.25, -0.2) is 9.97 Å². The second kappa shape index (κ2) is 8.09. The highest BCUT2D eigenvalue weighted by atomic mass is 16.2. The number of rotatable bonds is 4. The SMILES string of the molecule is Cc1cc(C)cc(Nc2ncc3c(n2)CN(C2[C@@H]4C[C@H]2CN(C(=O)c2ccc5[nH]nnc5c2)C4)C3)c1. The minimum absolute atomic E-state index is 0.0886. The number of amides is 1. The number of carbonyl (C=O) groups excluding carboxylic acids is 1. The number of carbonyl (C=O) groups is 1. The number of aromatic amines is 1. The molecule has 36 heavy (non-hydrogen) atoms. The van der Waals surface area contributed by atoms with Gasteiger partial charge in [0.2, 0.25) is 5.95 Å². The molecular weight excluding hydrogens is 452 g/mol. The van der Waals surface area contributed by atoms with E-state index in [1.807, 2.05) is 29.3 Å². The second-order valence-electron chi connectivity index (χ2n) is 10.6. The maximum atomic E-state index is 13.2. The topological polar surface area (TPSA) is 103 Å². The fourth-order valence-corrected chi connectivity index (χ4v) is 6.41. The third-order valence-corrected chi connectivity index (χ3v) is 7.92. The number of hydrogen-bond donors (Lipinski definition) is 2. The molecule has 1 unspecified atom stereocenters. The molecule has 2 saturated heterocycles. The Morgan fingerprint density at radius 2 is 1.86 bits per heavy atom. The van der Waals surface area contributed by atoms with E-state index in [2.05, 4.69) is 62.7 Å². The van der Waals surface area contributed by atoms with E-state index >= 15 is 0 Å². The van der Waals surface area contributed by atoms with E-state index in [9.17, 15) is 4.79 Å². The number of H-pyrrole nitrogens is 1. The summed E-state index contributed by atoms with van der Waals surface area (Å²) in [6.45, 7) is 7.52. The summed E-state index contributed by atoms with van der Waals surface area (Å²) in [5.74, 6) is 1.73. The maximum absolute atomic E-state index is 13.2. The molecule has 2 aromatic carbocycles. The zero-order valence-electron chi connectivity index (χ0n) is 20.4. The molecule has 1 amide bonds. The van der Waals surface area contributed by atoms with Gasteiger partial charge in [-0.1, -0.05) is 11.3 Å². The van der Waals surface area contributed by atoms with Gasteiger partial charge < -0.3 is 10.2 Å². The first kappa shape index (κ1) is 21.4. The van der Waals surface area contributed by atoms with Crippen LogP contribution in [0.2, 0.25) is 0 Å². The average molecular weight is 481 g/mol. The van der Waals surface area contributed by atoms with Crippen molar-refractivity contribution < 1.29 is 4.79 Å². The van der Waals surface area contributed by atoms with Gasteiger partial charge in [-0.3, -0.25) is 14.8 Å². The summed E-state index contributed by atoms with van der Waals surface area (Å²) >= 11 is 0. The Bertz CT molecular complexity index is 1460. The van der Waals surface area contributed by atoms with Crippen molar-refractivity contribution in [1.82, 2.24) is 35.2 Å². The van der Waals surface area contributed by atoms with E-state index in [1.165, 1.54) is 23.1 Å². The number of anilines is 2. The van der Waals surface area contributed by atoms with Crippen LogP contribution < -0.4 is 5.32 Å². The van der Waals surface area contributed by atoms with Crippen LogP contribution in [0.15, 0.2) is 42.6 Å². The quantitative estimate of drug-likeness (QED) is 0.460. The molecule has 5 heterocycles. The molecule has 8 rings (SSSR count). The van der Waals surface area contributed by atoms with E-state index in [0.717, 1.165) is 48.6 Å². The minimum atomic E-state index is 0.0886. The molecule has 4 aromatic rings. The van der Waals surface area contributed by atoms with Gasteiger partial charge in [0.05, 0.1) is 11.2 Å². The standard InChI is InChI=1S/C27H28N8O/c1-15-5-16(2)7-21(6-15)29-27-28-10-20-13-34(14-24(20)30-27)25-18-8-19(25)12-35(11-18)26(36)17-3-4-22-23(9-17)32-33-31-22/h3-7,9-10,18-19,25H,8,11-14H2,1-2H3,(H,28,29,30)(H,31,32,33)/t18-,19+,25?. The molecule has 1 aliphatic carbocycles. The zero-order chi connectivity index (χ0) is 24.4. The zero-order valence-corrected chi connectivity index (χ0v) is 20.4. The Morgan fingerprint density at radius 1 is 1.06 bits per heavy atom. The molecule has 4 aliphatic rings. The molecule has 0 radical (unpaired) electrons. The van der Waals surface area contributed by atoms with Crippen LogP contribution in [-0.2, 0) is 13.1 Å². The fraction of sp³-hybridized carbons (Fsp3) is 0.370. The smallest absolute Gasteiger partial charge is 0.253 e. The van der Waals surface area contributed by atoms with Crippen molar-refractivity contribution in [1.29, 1.82) is 0 Å². The monoisotopic (exact) mass is 480 g/mol. The molecule has 2 bridgehead atoms. The summed E-state index contributed by atoms with van der Waals surface area (Å²) < 4.78 is 0. The number of benzene rings is 2. The van der Waals surface area contributed by atoms with Crippen LogP contribution in [0.3, 0.4) is 0 Å². The Labute approximate surface area is 208 Å². The van der Waals surface area contributed by atoms with Gasteiger partial charge in [-0.2, -0.15) is 0 Å². The first-order chi connectivity index (χ1) is 17.5. The van der Waals surface area contributed by atoms with Gasteiger partial charge in [0.1, 0.15) is 5.52 Å². The molecular formula is C27H28N8O. The number of aromatic nitrogens is 5. The largest absolute Gasteiger partial charge is 0.338 e. The number of fused-ring (bicyclic) bond motifs is 4. The first-order valence-corrected chi connectivity index (χ1v) is 12.5. The van der Waals surface area contributed by atoms with Gasteiger partial charge in [0, 0.05) is 55.2 Å². The normalized spacial score (nSPS) is 22.9. The maximum Gasteiger partial charge on any atom is 0.253 e. The summed E-state index contributed by atoms with van der Waals surface area (Å²) in [4.78, 5) is 27.2. The third kappa shape index (κ3) is 3.62. The molecule has 2 aromatic heterocycles. The van der Waals surface area contributed by atoms with E-state index < -0.39 is 0 Å². The highest BCUT2D eigenvalue weighted by molar-refractivity contribution is 5.97. The lowest BCUT2D eigenvalue weighted by atomic mass is 9.65. The Balaban J connectivity index is 1.02. The second-order valence-corrected chi connectivity index (χ2v) is 10.6. The number of hydrogen-bond acceptors (Lipinski definition) is 7. The molecule has 9 heteroatoms. The van der Waals surface area contributed by atoms with Crippen molar-refractivity contribution in [2.45, 2.75) is 39.4 Å². The fourth-order valence-electron chi connectivity index (χ4n) is 6.41. The average Bonchev–Trinajstić information content (AvgIpc) is 3.48. The van der Waals surface area contributed by atoms with E-state index in [0.29, 0.717) is 29.4 Å². The van der Waals surface area contributed by atoms with Crippen LogP contribution in [-0.4, -0.2) is 60.2 Å². The van der Waals surface area contributed by atoms with Crippen LogP contribution in [0.1, 0.15) is 39.2 Å². The molecule has 2 N–H and O–H groups in total. The highest BCUT2D eigenvalue weighted by Gasteiger charge is 2.51. The molecule has 182 valence electrons. The van der Waals surface area contributed by atoms with E-state index in [1.54, 1.807) is 0 Å². The van der Waals surface area contributed by atoms with Crippen LogP contribution in [0, 0.1) is 25.7 Å². The Hall–Kier alpha value is -3.85. The van der Waals surface area contributed by atoms with Crippen LogP contribution in [0.4, 0.5) is 11.6 Å². The summed E-state index contributed by atoms with van der Waals surface area (Å²) in [7, 11) is 0. The lowest BCUT2D eigenvalue weighted by molar-refractivity contribution is -0.0688. The van der Waals surface area contributed by atoms with Crippen molar-refractivity contribution >= 4 is 28.6 Å². The lowest BCUT2D eigenvalue weighted by Gasteiger charge is -2.56. The Kier molecular flexibility index (Phi) is 4.82. The van der Waals surface area contributed by atoms with Gasteiger partial charge >= 0.3 is 0 Å². The van der Waals surface area contributed by atoms with Crippen LogP contribution in [0.25, 0.3) is 11.0 Å². The van der Waals surface area contributed by atoms with Crippen LogP contribution >= 0.6 is 0 Å². The summed E-state index contributed by atoms with van der Waals surface area (Å²) in [6, 6.07) is 12.5. The van der Waals surface area contributed by atoms with Crippen molar-refractivity contribution in [3.63, 3.8) is 0 Å². The molecule has 0 spiro atoms. The molecule has 3 fully saturated rings. The molecule has 3 atom stereocenters. The van der Waals surface area contributed by atoms with Crippen LogP contribution in [0.5, 0.6) is 0 Å². The molecule has 9 nitrogen and oxygen atoms in total. The first-order valence-electron chi connectivity index (χ1n) is 12.5. The number of aryl methyl sites for hydroxylation is 2. The summed E-state index contributed by atoms with van der Waals surface area (Å²) in [5, 5.41) is 14.1. The van der Waals surface area contributed by atoms with Crippen molar-refractivity contribution in [2.24, 2.45) is 11.8 Å². The summed E-state index contributed by atoms with van der Waals surface area (Å²) in [5.41, 5.74) is 8.02. The highest BCUT2D eigenvalue weighted by Crippen LogP contribution is 2.46. The molecule has 1 saturated carbocycles. The van der Waals surface area contributed by atoms with Crippen molar-refractivity contribution in [3.05, 3.63) is 70.5 Å². The van der Waals surface area contributed by atoms with Gasteiger partial charge in [0.15, 0.2) is 0 Å². The van der Waals surface area contributed by atoms with Crippen molar-refractivity contribution in [2.75, 3.05) is 18.4 Å². The predicted molar refractivity (Wildman–Crippen MR) is 136 cm³/mol. The Morgan fingerprint density at radius 3 is 2.67 bits per heavy atom. The van der Waals surface area contributed by atoms with Gasteiger partial charge in [-0.15, -0.1) is 5.10 Å². The number of piperidine rings is 2.